The normalized spacial score (nSPS) is 11.0. The van der Waals surface area contributed by atoms with Gasteiger partial charge in [-0.3, -0.25) is 0 Å². The molecule has 0 amide bonds. The van der Waals surface area contributed by atoms with Crippen LogP contribution in [0.3, 0.4) is 0 Å². The lowest BCUT2D eigenvalue weighted by Crippen LogP contribution is -2.09. The quantitative estimate of drug-likeness (QED) is 0.308. The van der Waals surface area contributed by atoms with E-state index in [0.717, 1.165) is 0 Å². The predicted molar refractivity (Wildman–Crippen MR) is 85.9 cm³/mol. The number of aromatic nitrogens is 2. The lowest BCUT2D eigenvalue weighted by Gasteiger charge is -2.14. The topological polar surface area (TPSA) is 51.8 Å². The van der Waals surface area contributed by atoms with Crippen molar-refractivity contribution in [3.8, 4) is 11.3 Å². The largest absolute Gasteiger partial charge is 0.368 e. The van der Waals surface area contributed by atoms with E-state index in [2.05, 4.69) is 9.97 Å². The Morgan fingerprint density at radius 1 is 0.808 bits per heavy atom. The average Bonchev–Trinajstić information content (AvgIpc) is 2.62. The standard InChI is InChI=1S/C17H9ClF5N3/c18-16-8(6-7-4-2-1-3-5-7)15(25-17(24)26-16)9-10(19)12(21)14(23)13(22)11(9)20/h1-5H,6H2,(H2,24,25,26). The number of nitrogens with zero attached hydrogens (tertiary/aromatic N) is 2. The Bertz CT molecular complexity index is 967. The summed E-state index contributed by atoms with van der Waals surface area (Å²) in [6.07, 6.45) is -0.00518. The molecule has 26 heavy (non-hydrogen) atoms. The van der Waals surface area contributed by atoms with Crippen LogP contribution < -0.4 is 5.73 Å². The summed E-state index contributed by atoms with van der Waals surface area (Å²) in [6, 6.07) is 8.54. The summed E-state index contributed by atoms with van der Waals surface area (Å²) in [5.74, 6) is -10.9. The van der Waals surface area contributed by atoms with Crippen LogP contribution in [0.25, 0.3) is 11.3 Å². The Hall–Kier alpha value is -2.74. The minimum absolute atomic E-state index is 0.00518. The molecule has 3 aromatic rings. The smallest absolute Gasteiger partial charge is 0.222 e. The van der Waals surface area contributed by atoms with Gasteiger partial charge in [0.2, 0.25) is 11.8 Å². The van der Waals surface area contributed by atoms with Crippen molar-refractivity contribution in [2.75, 3.05) is 5.73 Å². The van der Waals surface area contributed by atoms with Gasteiger partial charge in [-0.15, -0.1) is 0 Å². The highest BCUT2D eigenvalue weighted by Crippen LogP contribution is 2.35. The van der Waals surface area contributed by atoms with Gasteiger partial charge < -0.3 is 5.73 Å². The van der Waals surface area contributed by atoms with Gasteiger partial charge >= 0.3 is 0 Å². The second-order valence-corrected chi connectivity index (χ2v) is 5.67. The zero-order valence-corrected chi connectivity index (χ0v) is 13.6. The van der Waals surface area contributed by atoms with E-state index in [9.17, 15) is 22.0 Å². The molecule has 0 atom stereocenters. The minimum Gasteiger partial charge on any atom is -0.368 e. The van der Waals surface area contributed by atoms with Gasteiger partial charge in [0, 0.05) is 12.0 Å². The molecule has 2 N–H and O–H groups in total. The highest BCUT2D eigenvalue weighted by atomic mass is 35.5. The summed E-state index contributed by atoms with van der Waals surface area (Å²) < 4.78 is 68.9. The van der Waals surface area contributed by atoms with Crippen molar-refractivity contribution in [2.45, 2.75) is 6.42 Å². The van der Waals surface area contributed by atoms with E-state index in [0.29, 0.717) is 5.56 Å². The van der Waals surface area contributed by atoms with Crippen LogP contribution in [0.1, 0.15) is 11.1 Å². The fraction of sp³-hybridized carbons (Fsp3) is 0.0588. The number of hydrogen-bond acceptors (Lipinski definition) is 3. The maximum Gasteiger partial charge on any atom is 0.222 e. The molecule has 1 heterocycles. The van der Waals surface area contributed by atoms with Crippen LogP contribution in [0, 0.1) is 29.1 Å². The molecule has 134 valence electrons. The van der Waals surface area contributed by atoms with E-state index in [4.69, 9.17) is 17.3 Å². The second kappa shape index (κ2) is 6.87. The van der Waals surface area contributed by atoms with Crippen molar-refractivity contribution in [3.63, 3.8) is 0 Å². The number of halogens is 6. The first-order valence-corrected chi connectivity index (χ1v) is 7.56. The maximum atomic E-state index is 14.2. The number of hydrogen-bond donors (Lipinski definition) is 1. The van der Waals surface area contributed by atoms with Crippen molar-refractivity contribution in [2.24, 2.45) is 0 Å². The maximum absolute atomic E-state index is 14.2. The molecule has 0 aliphatic carbocycles. The molecule has 0 aliphatic rings. The average molecular weight is 386 g/mol. The summed E-state index contributed by atoms with van der Waals surface area (Å²) in [7, 11) is 0. The van der Waals surface area contributed by atoms with Gasteiger partial charge in [0.1, 0.15) is 5.15 Å². The number of rotatable bonds is 3. The third-order valence-corrected chi connectivity index (χ3v) is 3.96. The molecule has 3 rings (SSSR count). The molecule has 0 saturated heterocycles. The van der Waals surface area contributed by atoms with Crippen LogP contribution in [0.4, 0.5) is 27.9 Å². The SMILES string of the molecule is Nc1nc(Cl)c(Cc2ccccc2)c(-c2c(F)c(F)c(F)c(F)c2F)n1. The van der Waals surface area contributed by atoms with Gasteiger partial charge in [-0.2, -0.15) is 0 Å². The van der Waals surface area contributed by atoms with Crippen LogP contribution in [-0.2, 0) is 6.42 Å². The first-order chi connectivity index (χ1) is 12.3. The highest BCUT2D eigenvalue weighted by Gasteiger charge is 2.29. The number of anilines is 1. The zero-order valence-electron chi connectivity index (χ0n) is 12.8. The van der Waals surface area contributed by atoms with Crippen molar-refractivity contribution in [3.05, 3.63) is 75.7 Å². The Balaban J connectivity index is 2.30. The first kappa shape index (κ1) is 18.1. The Morgan fingerprint density at radius 2 is 1.35 bits per heavy atom. The Labute approximate surface area is 149 Å². The second-order valence-electron chi connectivity index (χ2n) is 5.31. The van der Waals surface area contributed by atoms with Gasteiger partial charge in [0.15, 0.2) is 23.3 Å². The molecule has 0 fully saturated rings. The minimum atomic E-state index is -2.26. The van der Waals surface area contributed by atoms with Crippen molar-refractivity contribution < 1.29 is 22.0 Å². The molecule has 1 aromatic heterocycles. The number of nitrogen functional groups attached to an aromatic ring is 1. The van der Waals surface area contributed by atoms with Gasteiger partial charge in [0.25, 0.3) is 0 Å². The summed E-state index contributed by atoms with van der Waals surface area (Å²) in [4.78, 5) is 7.38. The number of nitrogens with two attached hydrogens (primary N) is 1. The molecule has 0 aliphatic heterocycles. The van der Waals surface area contributed by atoms with Crippen molar-refractivity contribution >= 4 is 17.5 Å². The van der Waals surface area contributed by atoms with Crippen LogP contribution in [0.2, 0.25) is 5.15 Å². The molecule has 0 unspecified atom stereocenters. The summed E-state index contributed by atoms with van der Waals surface area (Å²) in [5.41, 5.74) is 4.33. The Morgan fingerprint density at radius 3 is 1.92 bits per heavy atom. The summed E-state index contributed by atoms with van der Waals surface area (Å²) >= 11 is 6.01. The van der Waals surface area contributed by atoms with Crippen molar-refractivity contribution in [1.29, 1.82) is 0 Å². The molecular weight excluding hydrogens is 377 g/mol. The van der Waals surface area contributed by atoms with Crippen molar-refractivity contribution in [1.82, 2.24) is 9.97 Å². The molecule has 0 bridgehead atoms. The number of benzene rings is 2. The molecular formula is C17H9ClF5N3. The summed E-state index contributed by atoms with van der Waals surface area (Å²) in [6.45, 7) is 0. The van der Waals surface area contributed by atoms with E-state index in [-0.39, 0.29) is 17.1 Å². The third-order valence-electron chi connectivity index (χ3n) is 3.64. The molecule has 0 saturated carbocycles. The van der Waals surface area contributed by atoms with E-state index in [1.807, 2.05) is 0 Å². The fourth-order valence-corrected chi connectivity index (χ4v) is 2.69. The molecule has 9 heteroatoms. The van der Waals surface area contributed by atoms with Crippen LogP contribution in [0.5, 0.6) is 0 Å². The van der Waals surface area contributed by atoms with Gasteiger partial charge in [-0.25, -0.2) is 31.9 Å². The van der Waals surface area contributed by atoms with E-state index in [1.165, 1.54) is 0 Å². The third kappa shape index (κ3) is 3.08. The van der Waals surface area contributed by atoms with Gasteiger partial charge in [0.05, 0.1) is 11.3 Å². The van der Waals surface area contributed by atoms with E-state index >= 15 is 0 Å². The van der Waals surface area contributed by atoms with Crippen LogP contribution in [0.15, 0.2) is 30.3 Å². The highest BCUT2D eigenvalue weighted by molar-refractivity contribution is 6.30. The van der Waals surface area contributed by atoms with Gasteiger partial charge in [-0.05, 0) is 5.56 Å². The monoisotopic (exact) mass is 385 g/mol. The van der Waals surface area contributed by atoms with E-state index in [1.54, 1.807) is 30.3 Å². The first-order valence-electron chi connectivity index (χ1n) is 7.18. The van der Waals surface area contributed by atoms with Crippen LogP contribution in [-0.4, -0.2) is 9.97 Å². The molecule has 2 aromatic carbocycles. The zero-order chi connectivity index (χ0) is 19.0. The fourth-order valence-electron chi connectivity index (χ4n) is 2.45. The lowest BCUT2D eigenvalue weighted by molar-refractivity contribution is 0.381. The molecule has 0 spiro atoms. The summed E-state index contributed by atoms with van der Waals surface area (Å²) in [5, 5.41) is -0.250. The Kier molecular flexibility index (Phi) is 4.78. The van der Waals surface area contributed by atoms with Gasteiger partial charge in [-0.1, -0.05) is 41.9 Å². The molecule has 3 nitrogen and oxygen atoms in total. The predicted octanol–water partition coefficient (Wildman–Crippen LogP) is 4.67. The van der Waals surface area contributed by atoms with E-state index < -0.39 is 46.3 Å². The molecule has 0 radical (unpaired) electrons. The van der Waals surface area contributed by atoms with Crippen LogP contribution >= 0.6 is 11.6 Å². The lowest BCUT2D eigenvalue weighted by atomic mass is 9.99.